The zero-order chi connectivity index (χ0) is 10.5. The molecule has 0 aromatic heterocycles. The Hall–Kier alpha value is -0.660. The average Bonchev–Trinajstić information content (AvgIpc) is 2.21. The van der Waals surface area contributed by atoms with E-state index in [1.807, 2.05) is 0 Å². The van der Waals surface area contributed by atoms with Crippen molar-refractivity contribution in [3.05, 3.63) is 12.4 Å². The smallest absolute Gasteiger partial charge is 0.0141 e. The van der Waals surface area contributed by atoms with Crippen LogP contribution in [0.2, 0.25) is 0 Å². The monoisotopic (exact) mass is 198 g/mol. The number of rotatable bonds is 10. The summed E-state index contributed by atoms with van der Waals surface area (Å²) in [6.45, 7) is 3.32. The molecule has 0 fully saturated rings. The summed E-state index contributed by atoms with van der Waals surface area (Å²) < 4.78 is 0. The molecular weight excluding hydrogens is 172 g/mol. The molecule has 0 rings (SSSR count). The Kier molecular flexibility index (Phi) is 11.8. The second kappa shape index (κ2) is 12.3. The van der Waals surface area contributed by atoms with Crippen LogP contribution < -0.4 is 11.1 Å². The van der Waals surface area contributed by atoms with Crippen LogP contribution in [0.5, 0.6) is 0 Å². The molecule has 84 valence electrons. The van der Waals surface area contributed by atoms with Gasteiger partial charge in [-0.05, 0) is 6.42 Å². The fourth-order valence-electron chi connectivity index (χ4n) is 1.51. The lowest BCUT2D eigenvalue weighted by Gasteiger charge is -2.01. The lowest BCUT2D eigenvalue weighted by molar-refractivity contribution is 0.570. The van der Waals surface area contributed by atoms with E-state index in [0.29, 0.717) is 0 Å². The van der Waals surface area contributed by atoms with Gasteiger partial charge in [-0.2, -0.15) is 0 Å². The van der Waals surface area contributed by atoms with Crippen LogP contribution in [0.3, 0.4) is 0 Å². The molecule has 0 saturated heterocycles. The topological polar surface area (TPSA) is 38.0 Å². The first-order valence-electron chi connectivity index (χ1n) is 6.02. The highest BCUT2D eigenvalue weighted by molar-refractivity contribution is 4.71. The first-order chi connectivity index (χ1) is 6.91. The molecule has 0 heterocycles. The van der Waals surface area contributed by atoms with E-state index < -0.39 is 0 Å². The van der Waals surface area contributed by atoms with Gasteiger partial charge < -0.3 is 11.1 Å². The molecule has 2 heteroatoms. The molecule has 3 N–H and O–H groups in total. The van der Waals surface area contributed by atoms with E-state index in [4.69, 9.17) is 5.73 Å². The van der Waals surface area contributed by atoms with Crippen LogP contribution in [0.15, 0.2) is 12.4 Å². The molecular formula is C12H26N2. The first-order valence-corrected chi connectivity index (χ1v) is 6.02. The zero-order valence-electron chi connectivity index (χ0n) is 9.60. The maximum absolute atomic E-state index is 5.19. The van der Waals surface area contributed by atoms with E-state index in [9.17, 15) is 0 Å². The Labute approximate surface area is 89.0 Å². The Morgan fingerprint density at radius 2 is 1.50 bits per heavy atom. The van der Waals surface area contributed by atoms with Crippen molar-refractivity contribution in [1.29, 1.82) is 0 Å². The number of hydrogen-bond acceptors (Lipinski definition) is 2. The number of nitrogens with one attached hydrogen (secondary N) is 1. The van der Waals surface area contributed by atoms with Gasteiger partial charge >= 0.3 is 0 Å². The molecule has 0 unspecified atom stereocenters. The minimum Gasteiger partial charge on any atom is -0.403 e. The van der Waals surface area contributed by atoms with Gasteiger partial charge in [0.05, 0.1) is 0 Å². The van der Waals surface area contributed by atoms with Crippen molar-refractivity contribution in [1.82, 2.24) is 5.32 Å². The van der Waals surface area contributed by atoms with E-state index in [2.05, 4.69) is 12.2 Å². The maximum atomic E-state index is 5.19. The molecule has 0 bridgehead atoms. The summed E-state index contributed by atoms with van der Waals surface area (Å²) in [6, 6.07) is 0. The van der Waals surface area contributed by atoms with Crippen molar-refractivity contribution < 1.29 is 0 Å². The van der Waals surface area contributed by atoms with Crippen LogP contribution in [0.4, 0.5) is 0 Å². The van der Waals surface area contributed by atoms with Gasteiger partial charge in [-0.15, -0.1) is 0 Å². The molecule has 14 heavy (non-hydrogen) atoms. The lowest BCUT2D eigenvalue weighted by atomic mass is 10.1. The standard InChI is InChI=1S/C12H26N2/c1-2-3-4-5-6-7-8-9-11-14-12-10-13/h10,12,14H,2-9,11,13H2,1H3/b12-10+. The van der Waals surface area contributed by atoms with E-state index >= 15 is 0 Å². The molecule has 2 nitrogen and oxygen atoms in total. The third-order valence-electron chi connectivity index (χ3n) is 2.39. The Morgan fingerprint density at radius 1 is 0.929 bits per heavy atom. The van der Waals surface area contributed by atoms with E-state index in [-0.39, 0.29) is 0 Å². The zero-order valence-corrected chi connectivity index (χ0v) is 9.60. The SMILES string of the molecule is CCCCCCCCCCN/C=C/N. The fourth-order valence-corrected chi connectivity index (χ4v) is 1.51. The average molecular weight is 198 g/mol. The predicted octanol–water partition coefficient (Wildman–Crippen LogP) is 3.15. The first kappa shape index (κ1) is 13.3. The third-order valence-corrected chi connectivity index (χ3v) is 2.39. The predicted molar refractivity (Wildman–Crippen MR) is 63.9 cm³/mol. The van der Waals surface area contributed by atoms with E-state index in [0.717, 1.165) is 6.54 Å². The van der Waals surface area contributed by atoms with Crippen LogP contribution in [-0.2, 0) is 0 Å². The minimum atomic E-state index is 1.06. The summed E-state index contributed by atoms with van der Waals surface area (Å²) in [5.74, 6) is 0. The van der Waals surface area contributed by atoms with Gasteiger partial charge in [0.15, 0.2) is 0 Å². The van der Waals surface area contributed by atoms with Crippen LogP contribution in [0.25, 0.3) is 0 Å². The van der Waals surface area contributed by atoms with Crippen molar-refractivity contribution >= 4 is 0 Å². The highest BCUT2D eigenvalue weighted by Gasteiger charge is 1.90. The van der Waals surface area contributed by atoms with Crippen molar-refractivity contribution in [2.45, 2.75) is 58.3 Å². The Morgan fingerprint density at radius 3 is 2.07 bits per heavy atom. The van der Waals surface area contributed by atoms with Crippen molar-refractivity contribution in [3.8, 4) is 0 Å². The lowest BCUT2D eigenvalue weighted by Crippen LogP contribution is -2.07. The maximum Gasteiger partial charge on any atom is 0.0141 e. The van der Waals surface area contributed by atoms with Crippen molar-refractivity contribution in [3.63, 3.8) is 0 Å². The largest absolute Gasteiger partial charge is 0.403 e. The van der Waals surface area contributed by atoms with Gasteiger partial charge in [-0.3, -0.25) is 0 Å². The van der Waals surface area contributed by atoms with Crippen molar-refractivity contribution in [2.24, 2.45) is 5.73 Å². The molecule has 0 atom stereocenters. The minimum absolute atomic E-state index is 1.06. The van der Waals surface area contributed by atoms with Gasteiger partial charge in [0.2, 0.25) is 0 Å². The summed E-state index contributed by atoms with van der Waals surface area (Å²) in [4.78, 5) is 0. The molecule has 0 aromatic carbocycles. The quantitative estimate of drug-likeness (QED) is 0.529. The van der Waals surface area contributed by atoms with Crippen LogP contribution in [0.1, 0.15) is 58.3 Å². The molecule has 0 aliphatic rings. The summed E-state index contributed by atoms with van der Waals surface area (Å²) in [5.41, 5.74) is 5.19. The second-order valence-corrected chi connectivity index (χ2v) is 3.79. The normalized spacial score (nSPS) is 10.9. The Balaban J connectivity index is 2.85. The van der Waals surface area contributed by atoms with Crippen LogP contribution >= 0.6 is 0 Å². The summed E-state index contributed by atoms with van der Waals surface area (Å²) in [6.07, 6.45) is 14.3. The highest BCUT2D eigenvalue weighted by Crippen LogP contribution is 2.07. The van der Waals surface area contributed by atoms with Gasteiger partial charge in [0.25, 0.3) is 0 Å². The number of hydrogen-bond donors (Lipinski definition) is 2. The molecule has 0 saturated carbocycles. The van der Waals surface area contributed by atoms with Crippen molar-refractivity contribution in [2.75, 3.05) is 6.54 Å². The van der Waals surface area contributed by atoms with E-state index in [1.165, 1.54) is 51.4 Å². The molecule has 0 amide bonds. The van der Waals surface area contributed by atoms with Gasteiger partial charge in [0, 0.05) is 18.9 Å². The van der Waals surface area contributed by atoms with Crippen LogP contribution in [0, 0.1) is 0 Å². The number of unbranched alkanes of at least 4 members (excludes halogenated alkanes) is 7. The van der Waals surface area contributed by atoms with Gasteiger partial charge in [-0.1, -0.05) is 51.9 Å². The molecule has 0 aliphatic carbocycles. The van der Waals surface area contributed by atoms with Gasteiger partial charge in [-0.25, -0.2) is 0 Å². The second-order valence-electron chi connectivity index (χ2n) is 3.79. The highest BCUT2D eigenvalue weighted by atomic mass is 14.8. The molecule has 0 aliphatic heterocycles. The summed E-state index contributed by atoms with van der Waals surface area (Å²) in [7, 11) is 0. The van der Waals surface area contributed by atoms with Crippen LogP contribution in [-0.4, -0.2) is 6.54 Å². The summed E-state index contributed by atoms with van der Waals surface area (Å²) >= 11 is 0. The number of nitrogens with two attached hydrogens (primary N) is 1. The van der Waals surface area contributed by atoms with E-state index in [1.54, 1.807) is 12.4 Å². The third kappa shape index (κ3) is 11.3. The molecule has 0 radical (unpaired) electrons. The molecule has 0 aromatic rings. The fraction of sp³-hybridized carbons (Fsp3) is 0.833. The van der Waals surface area contributed by atoms with Gasteiger partial charge in [0.1, 0.15) is 0 Å². The summed E-state index contributed by atoms with van der Waals surface area (Å²) in [5, 5.41) is 3.14. The Bertz CT molecular complexity index is 121. The molecule has 0 spiro atoms.